The molecule has 1 atom stereocenters. The second-order valence-electron chi connectivity index (χ2n) is 4.56. The average Bonchev–Trinajstić information content (AvgIpc) is 2.82. The lowest BCUT2D eigenvalue weighted by atomic mass is 10.1. The van der Waals surface area contributed by atoms with Crippen LogP contribution in [-0.2, 0) is 11.3 Å². The fourth-order valence-electron chi connectivity index (χ4n) is 1.98. The number of nitrogens with one attached hydrogen (secondary N) is 1. The molecule has 5 nitrogen and oxygen atoms in total. The summed E-state index contributed by atoms with van der Waals surface area (Å²) in [6, 6.07) is 3.39. The van der Waals surface area contributed by atoms with Gasteiger partial charge in [-0.05, 0) is 37.6 Å². The molecule has 0 fully saturated rings. The Morgan fingerprint density at radius 1 is 1.50 bits per heavy atom. The number of rotatable bonds is 5. The molecule has 0 saturated heterocycles. The largest absolute Gasteiger partial charge is 0.479 e. The molecular weight excluding hydrogens is 261 g/mol. The van der Waals surface area contributed by atoms with E-state index in [9.17, 15) is 14.3 Å². The van der Waals surface area contributed by atoms with Crippen molar-refractivity contribution in [2.75, 3.05) is 5.32 Å². The number of halogens is 1. The Morgan fingerprint density at radius 2 is 2.25 bits per heavy atom. The van der Waals surface area contributed by atoms with Crippen molar-refractivity contribution in [1.82, 2.24) is 9.78 Å². The maximum atomic E-state index is 13.3. The Balaban J connectivity index is 2.27. The van der Waals surface area contributed by atoms with Gasteiger partial charge >= 0.3 is 5.97 Å². The number of carbonyl (C=O) groups is 1. The predicted molar refractivity (Wildman–Crippen MR) is 73.0 cm³/mol. The zero-order valence-corrected chi connectivity index (χ0v) is 11.3. The Bertz CT molecular complexity index is 604. The predicted octanol–water partition coefficient (Wildman–Crippen LogP) is 2.59. The highest BCUT2D eigenvalue weighted by atomic mass is 19.1. The number of hydrogen-bond donors (Lipinski definition) is 2. The lowest BCUT2D eigenvalue weighted by molar-refractivity contribution is -0.138. The lowest BCUT2D eigenvalue weighted by Crippen LogP contribution is -2.20. The van der Waals surface area contributed by atoms with Gasteiger partial charge in [0, 0.05) is 24.0 Å². The van der Waals surface area contributed by atoms with Gasteiger partial charge in [-0.25, -0.2) is 9.18 Å². The van der Waals surface area contributed by atoms with Crippen LogP contribution in [0, 0.1) is 12.7 Å². The van der Waals surface area contributed by atoms with Crippen LogP contribution in [0.1, 0.15) is 24.1 Å². The molecule has 1 aromatic carbocycles. The van der Waals surface area contributed by atoms with Crippen LogP contribution in [-0.4, -0.2) is 20.9 Å². The van der Waals surface area contributed by atoms with E-state index in [1.807, 2.05) is 6.92 Å². The number of aryl methyl sites for hydroxylation is 2. The second kappa shape index (κ2) is 5.73. The van der Waals surface area contributed by atoms with Crippen LogP contribution in [0.15, 0.2) is 30.6 Å². The molecule has 0 spiro atoms. The van der Waals surface area contributed by atoms with Gasteiger partial charge in [0.05, 0.1) is 6.20 Å². The van der Waals surface area contributed by atoms with Crippen LogP contribution in [0.3, 0.4) is 0 Å². The molecule has 2 aromatic rings. The van der Waals surface area contributed by atoms with Crippen LogP contribution in [0.2, 0.25) is 0 Å². The first-order chi connectivity index (χ1) is 9.49. The van der Waals surface area contributed by atoms with Crippen molar-refractivity contribution in [3.8, 4) is 0 Å². The normalized spacial score (nSPS) is 12.2. The third-order valence-corrected chi connectivity index (χ3v) is 2.91. The fourth-order valence-corrected chi connectivity index (χ4v) is 1.98. The summed E-state index contributed by atoms with van der Waals surface area (Å²) >= 11 is 0. The molecule has 0 aliphatic rings. The van der Waals surface area contributed by atoms with Gasteiger partial charge in [0.25, 0.3) is 0 Å². The Labute approximate surface area is 116 Å². The molecular formula is C14H16FN3O2. The van der Waals surface area contributed by atoms with Crippen LogP contribution in [0.5, 0.6) is 0 Å². The molecule has 0 saturated carbocycles. The van der Waals surface area contributed by atoms with E-state index in [-0.39, 0.29) is 0 Å². The third-order valence-electron chi connectivity index (χ3n) is 2.91. The standard InChI is InChI=1S/C14H16FN3O2/c1-3-18-8-10(7-16-18)13(14(19)20)17-12-5-9(2)4-11(15)6-12/h4-8,13,17H,3H2,1-2H3,(H,19,20). The molecule has 0 radical (unpaired) electrons. The van der Waals surface area contributed by atoms with E-state index in [1.54, 1.807) is 23.9 Å². The Hall–Kier alpha value is -2.37. The summed E-state index contributed by atoms with van der Waals surface area (Å²) < 4.78 is 15.0. The van der Waals surface area contributed by atoms with E-state index in [1.165, 1.54) is 18.3 Å². The van der Waals surface area contributed by atoms with E-state index >= 15 is 0 Å². The van der Waals surface area contributed by atoms with Gasteiger partial charge in [-0.15, -0.1) is 0 Å². The van der Waals surface area contributed by atoms with Crippen molar-refractivity contribution in [2.45, 2.75) is 26.4 Å². The quantitative estimate of drug-likeness (QED) is 0.881. The van der Waals surface area contributed by atoms with Crippen molar-refractivity contribution < 1.29 is 14.3 Å². The van der Waals surface area contributed by atoms with E-state index in [0.29, 0.717) is 17.8 Å². The minimum atomic E-state index is -1.04. The highest BCUT2D eigenvalue weighted by Crippen LogP contribution is 2.21. The number of anilines is 1. The molecule has 0 aliphatic heterocycles. The van der Waals surface area contributed by atoms with Gasteiger partial charge in [-0.2, -0.15) is 5.10 Å². The van der Waals surface area contributed by atoms with Gasteiger partial charge in [0.1, 0.15) is 5.82 Å². The second-order valence-corrected chi connectivity index (χ2v) is 4.56. The molecule has 1 unspecified atom stereocenters. The van der Waals surface area contributed by atoms with E-state index in [0.717, 1.165) is 5.56 Å². The van der Waals surface area contributed by atoms with Crippen molar-refractivity contribution in [3.05, 3.63) is 47.5 Å². The zero-order chi connectivity index (χ0) is 14.7. The highest BCUT2D eigenvalue weighted by Gasteiger charge is 2.21. The molecule has 2 N–H and O–H groups in total. The molecule has 0 aliphatic carbocycles. The van der Waals surface area contributed by atoms with E-state index in [2.05, 4.69) is 10.4 Å². The van der Waals surface area contributed by atoms with Gasteiger partial charge < -0.3 is 10.4 Å². The number of nitrogens with zero attached hydrogens (tertiary/aromatic N) is 2. The summed E-state index contributed by atoms with van der Waals surface area (Å²) in [6.07, 6.45) is 3.17. The summed E-state index contributed by atoms with van der Waals surface area (Å²) in [5.41, 5.74) is 1.68. The van der Waals surface area contributed by atoms with Crippen LogP contribution in [0.25, 0.3) is 0 Å². The monoisotopic (exact) mass is 277 g/mol. The topological polar surface area (TPSA) is 67.2 Å². The van der Waals surface area contributed by atoms with Crippen LogP contribution in [0.4, 0.5) is 10.1 Å². The number of benzene rings is 1. The first kappa shape index (κ1) is 14.0. The zero-order valence-electron chi connectivity index (χ0n) is 11.3. The Kier molecular flexibility index (Phi) is 4.02. The third kappa shape index (κ3) is 3.14. The number of aromatic nitrogens is 2. The maximum Gasteiger partial charge on any atom is 0.330 e. The van der Waals surface area contributed by atoms with Crippen molar-refractivity contribution in [2.24, 2.45) is 0 Å². The van der Waals surface area contributed by atoms with E-state index < -0.39 is 17.8 Å². The lowest BCUT2D eigenvalue weighted by Gasteiger charge is -2.14. The van der Waals surface area contributed by atoms with Crippen molar-refractivity contribution in [1.29, 1.82) is 0 Å². The van der Waals surface area contributed by atoms with Gasteiger partial charge in [-0.1, -0.05) is 0 Å². The summed E-state index contributed by atoms with van der Waals surface area (Å²) in [5.74, 6) is -1.44. The van der Waals surface area contributed by atoms with Gasteiger partial charge in [0.15, 0.2) is 6.04 Å². The molecule has 1 heterocycles. The molecule has 6 heteroatoms. The highest BCUT2D eigenvalue weighted by molar-refractivity contribution is 5.79. The van der Waals surface area contributed by atoms with Crippen LogP contribution < -0.4 is 5.32 Å². The molecule has 1 aromatic heterocycles. The first-order valence-electron chi connectivity index (χ1n) is 6.28. The maximum absolute atomic E-state index is 13.3. The van der Waals surface area contributed by atoms with Crippen molar-refractivity contribution >= 4 is 11.7 Å². The number of hydrogen-bond acceptors (Lipinski definition) is 3. The van der Waals surface area contributed by atoms with Gasteiger partial charge in [-0.3, -0.25) is 4.68 Å². The molecule has 2 rings (SSSR count). The smallest absolute Gasteiger partial charge is 0.330 e. The number of aliphatic carboxylic acids is 1. The first-order valence-corrected chi connectivity index (χ1v) is 6.28. The van der Waals surface area contributed by atoms with Gasteiger partial charge in [0.2, 0.25) is 0 Å². The summed E-state index contributed by atoms with van der Waals surface area (Å²) in [7, 11) is 0. The molecule has 0 bridgehead atoms. The average molecular weight is 277 g/mol. The summed E-state index contributed by atoms with van der Waals surface area (Å²) in [5, 5.41) is 16.2. The summed E-state index contributed by atoms with van der Waals surface area (Å²) in [6.45, 7) is 4.32. The fraction of sp³-hybridized carbons (Fsp3) is 0.286. The summed E-state index contributed by atoms with van der Waals surface area (Å²) in [4.78, 5) is 11.4. The van der Waals surface area contributed by atoms with E-state index in [4.69, 9.17) is 0 Å². The molecule has 106 valence electrons. The SMILES string of the molecule is CCn1cc(C(Nc2cc(C)cc(F)c2)C(=O)O)cn1. The van der Waals surface area contributed by atoms with Crippen LogP contribution >= 0.6 is 0 Å². The molecule has 20 heavy (non-hydrogen) atoms. The van der Waals surface area contributed by atoms with Crippen molar-refractivity contribution in [3.63, 3.8) is 0 Å². The number of carboxylic acid groups (broad SMARTS) is 1. The number of carboxylic acids is 1. The minimum Gasteiger partial charge on any atom is -0.479 e. The minimum absolute atomic E-state index is 0.402. The molecule has 0 amide bonds. The Morgan fingerprint density at radius 3 is 2.80 bits per heavy atom.